The molecule has 8 heteroatoms. The molecular formula is C25H28FN3O3S. The van der Waals surface area contributed by atoms with E-state index in [1.807, 2.05) is 18.2 Å². The number of rotatable bonds is 10. The summed E-state index contributed by atoms with van der Waals surface area (Å²) in [6.07, 6.45) is 0. The molecule has 0 aliphatic carbocycles. The molecule has 0 unspecified atom stereocenters. The van der Waals surface area contributed by atoms with E-state index < -0.39 is 15.8 Å². The number of nitrogens with one attached hydrogen (secondary N) is 2. The molecule has 6 nitrogen and oxygen atoms in total. The molecule has 0 atom stereocenters. The minimum Gasteiger partial charge on any atom is -0.348 e. The predicted octanol–water partition coefficient (Wildman–Crippen LogP) is 4.40. The number of anilines is 1. The van der Waals surface area contributed by atoms with Gasteiger partial charge in [-0.1, -0.05) is 50.2 Å². The van der Waals surface area contributed by atoms with Crippen LogP contribution < -0.4 is 10.0 Å². The Morgan fingerprint density at radius 2 is 1.48 bits per heavy atom. The van der Waals surface area contributed by atoms with Gasteiger partial charge in [-0.15, -0.1) is 0 Å². The quantitative estimate of drug-likeness (QED) is 0.461. The maximum atomic E-state index is 13.8. The van der Waals surface area contributed by atoms with Gasteiger partial charge in [-0.2, -0.15) is 0 Å². The second-order valence-electron chi connectivity index (χ2n) is 7.52. The third-order valence-electron chi connectivity index (χ3n) is 5.39. The van der Waals surface area contributed by atoms with Crippen molar-refractivity contribution < 1.29 is 17.6 Å². The Bertz CT molecular complexity index is 1190. The number of nitrogens with zero attached hydrogens (tertiary/aromatic N) is 1. The number of carbonyl (C=O) groups is 1. The standard InChI is InChI=1S/C25H28FN3O3S/c1-3-29(4-2)18-21-10-6-5-9-20(21)17-27-25(30)19-13-15-22(16-14-19)33(31,32)28-24-12-8-7-11-23(24)26/h5-16,28H,3-4,17-18H2,1-2H3,(H,27,30). The summed E-state index contributed by atoms with van der Waals surface area (Å²) in [5.41, 5.74) is 2.39. The molecule has 3 aromatic rings. The maximum absolute atomic E-state index is 13.8. The van der Waals surface area contributed by atoms with Gasteiger partial charge in [0, 0.05) is 18.7 Å². The molecule has 0 aliphatic heterocycles. The second-order valence-corrected chi connectivity index (χ2v) is 9.20. The van der Waals surface area contributed by atoms with E-state index in [4.69, 9.17) is 0 Å². The molecule has 0 heterocycles. The molecule has 3 aromatic carbocycles. The molecule has 0 spiro atoms. The Morgan fingerprint density at radius 1 is 0.879 bits per heavy atom. The Morgan fingerprint density at radius 3 is 2.12 bits per heavy atom. The number of carbonyl (C=O) groups excluding carboxylic acids is 1. The molecule has 0 radical (unpaired) electrons. The predicted molar refractivity (Wildman–Crippen MR) is 128 cm³/mol. The molecule has 0 aliphatic rings. The van der Waals surface area contributed by atoms with E-state index >= 15 is 0 Å². The van der Waals surface area contributed by atoms with Gasteiger partial charge in [0.25, 0.3) is 15.9 Å². The lowest BCUT2D eigenvalue weighted by molar-refractivity contribution is 0.0950. The van der Waals surface area contributed by atoms with Crippen molar-refractivity contribution in [2.75, 3.05) is 17.8 Å². The van der Waals surface area contributed by atoms with Crippen molar-refractivity contribution in [1.29, 1.82) is 0 Å². The summed E-state index contributed by atoms with van der Waals surface area (Å²) in [5, 5.41) is 2.90. The highest BCUT2D eigenvalue weighted by Gasteiger charge is 2.17. The van der Waals surface area contributed by atoms with Crippen molar-refractivity contribution in [1.82, 2.24) is 10.2 Å². The maximum Gasteiger partial charge on any atom is 0.261 e. The van der Waals surface area contributed by atoms with Crippen LogP contribution in [0.15, 0.2) is 77.7 Å². The first-order valence-corrected chi connectivity index (χ1v) is 12.3. The van der Waals surface area contributed by atoms with Crippen LogP contribution in [0.5, 0.6) is 0 Å². The molecule has 0 fully saturated rings. The number of halogens is 1. The number of hydrogen-bond donors (Lipinski definition) is 2. The van der Waals surface area contributed by atoms with Crippen molar-refractivity contribution in [2.24, 2.45) is 0 Å². The van der Waals surface area contributed by atoms with Crippen molar-refractivity contribution in [3.05, 3.63) is 95.3 Å². The van der Waals surface area contributed by atoms with Crippen LogP contribution in [0, 0.1) is 5.82 Å². The van der Waals surface area contributed by atoms with Crippen LogP contribution in [0.25, 0.3) is 0 Å². The first kappa shape index (κ1) is 24.4. The lowest BCUT2D eigenvalue weighted by Gasteiger charge is -2.20. The number of hydrogen-bond acceptors (Lipinski definition) is 4. The second kappa shape index (κ2) is 11.1. The van der Waals surface area contributed by atoms with Crippen LogP contribution in [0.1, 0.15) is 35.3 Å². The van der Waals surface area contributed by atoms with E-state index in [0.717, 1.165) is 30.8 Å². The largest absolute Gasteiger partial charge is 0.348 e. The van der Waals surface area contributed by atoms with Gasteiger partial charge >= 0.3 is 0 Å². The monoisotopic (exact) mass is 469 g/mol. The summed E-state index contributed by atoms with van der Waals surface area (Å²) < 4.78 is 41.1. The smallest absolute Gasteiger partial charge is 0.261 e. The third kappa shape index (κ3) is 6.40. The van der Waals surface area contributed by atoms with Gasteiger partial charge in [0.2, 0.25) is 0 Å². The van der Waals surface area contributed by atoms with Gasteiger partial charge in [0.1, 0.15) is 5.82 Å². The minimum absolute atomic E-state index is 0.0631. The topological polar surface area (TPSA) is 78.5 Å². The van der Waals surface area contributed by atoms with Gasteiger partial charge in [0.05, 0.1) is 10.6 Å². The highest BCUT2D eigenvalue weighted by Crippen LogP contribution is 2.19. The van der Waals surface area contributed by atoms with E-state index in [1.165, 1.54) is 48.5 Å². The number of para-hydroxylation sites is 1. The lowest BCUT2D eigenvalue weighted by Crippen LogP contribution is -2.26. The molecular weight excluding hydrogens is 441 g/mol. The fourth-order valence-electron chi connectivity index (χ4n) is 3.38. The summed E-state index contributed by atoms with van der Waals surface area (Å²) in [5.74, 6) is -0.975. The zero-order valence-electron chi connectivity index (χ0n) is 18.7. The van der Waals surface area contributed by atoms with E-state index in [9.17, 15) is 17.6 Å². The van der Waals surface area contributed by atoms with Crippen LogP contribution in [0.4, 0.5) is 10.1 Å². The third-order valence-corrected chi connectivity index (χ3v) is 6.77. The molecule has 0 aromatic heterocycles. The first-order chi connectivity index (χ1) is 15.8. The van der Waals surface area contributed by atoms with E-state index in [0.29, 0.717) is 12.1 Å². The highest BCUT2D eigenvalue weighted by atomic mass is 32.2. The summed E-state index contributed by atoms with van der Waals surface area (Å²) in [6, 6.07) is 19.0. The molecule has 2 N–H and O–H groups in total. The van der Waals surface area contributed by atoms with Crippen LogP contribution >= 0.6 is 0 Å². The molecule has 0 bridgehead atoms. The normalized spacial score (nSPS) is 11.4. The van der Waals surface area contributed by atoms with Gasteiger partial charge in [0.15, 0.2) is 0 Å². The highest BCUT2D eigenvalue weighted by molar-refractivity contribution is 7.92. The molecule has 0 saturated heterocycles. The lowest BCUT2D eigenvalue weighted by atomic mass is 10.1. The van der Waals surface area contributed by atoms with Crippen LogP contribution in [-0.4, -0.2) is 32.3 Å². The van der Waals surface area contributed by atoms with Crippen LogP contribution in [-0.2, 0) is 23.1 Å². The molecule has 174 valence electrons. The fourth-order valence-corrected chi connectivity index (χ4v) is 4.45. The van der Waals surface area contributed by atoms with Crippen molar-refractivity contribution in [2.45, 2.75) is 31.8 Å². The van der Waals surface area contributed by atoms with Crippen molar-refractivity contribution in [3.8, 4) is 0 Å². The minimum atomic E-state index is -3.98. The Balaban J connectivity index is 1.66. The Hall–Kier alpha value is -3.23. The summed E-state index contributed by atoms with van der Waals surface area (Å²) >= 11 is 0. The SMILES string of the molecule is CCN(CC)Cc1ccccc1CNC(=O)c1ccc(S(=O)(=O)Nc2ccccc2F)cc1. The molecule has 33 heavy (non-hydrogen) atoms. The van der Waals surface area contributed by atoms with Gasteiger partial charge in [-0.05, 0) is 60.6 Å². The average molecular weight is 470 g/mol. The molecule has 3 rings (SSSR count). The van der Waals surface area contributed by atoms with Crippen LogP contribution in [0.2, 0.25) is 0 Å². The van der Waals surface area contributed by atoms with Gasteiger partial charge < -0.3 is 5.32 Å². The number of sulfonamides is 1. The summed E-state index contributed by atoms with van der Waals surface area (Å²) in [6.45, 7) is 7.29. The van der Waals surface area contributed by atoms with Gasteiger partial charge in [-0.25, -0.2) is 12.8 Å². The first-order valence-electron chi connectivity index (χ1n) is 10.8. The fraction of sp³-hybridized carbons (Fsp3) is 0.240. The van der Waals surface area contributed by atoms with Crippen molar-refractivity contribution in [3.63, 3.8) is 0 Å². The van der Waals surface area contributed by atoms with E-state index in [1.54, 1.807) is 0 Å². The van der Waals surface area contributed by atoms with Crippen molar-refractivity contribution >= 4 is 21.6 Å². The van der Waals surface area contributed by atoms with Crippen LogP contribution in [0.3, 0.4) is 0 Å². The summed E-state index contributed by atoms with van der Waals surface area (Å²) in [4.78, 5) is 14.9. The summed E-state index contributed by atoms with van der Waals surface area (Å²) in [7, 11) is -3.98. The number of benzene rings is 3. The van der Waals surface area contributed by atoms with E-state index in [-0.39, 0.29) is 16.5 Å². The average Bonchev–Trinajstić information content (AvgIpc) is 2.83. The zero-order chi connectivity index (χ0) is 23.8. The molecule has 1 amide bonds. The number of amides is 1. The molecule has 0 saturated carbocycles. The van der Waals surface area contributed by atoms with E-state index in [2.05, 4.69) is 34.9 Å². The Labute approximate surface area is 194 Å². The van der Waals surface area contributed by atoms with Gasteiger partial charge in [-0.3, -0.25) is 14.4 Å². The Kier molecular flexibility index (Phi) is 8.19. The zero-order valence-corrected chi connectivity index (χ0v) is 19.5.